The number of carbonyl (C=O) groups excluding carboxylic acids is 6. The van der Waals surface area contributed by atoms with Crippen molar-refractivity contribution in [2.24, 2.45) is 5.92 Å². The van der Waals surface area contributed by atoms with E-state index in [1.54, 1.807) is 12.0 Å². The Bertz CT molecular complexity index is 3160. The highest BCUT2D eigenvalue weighted by Crippen LogP contribution is 2.38. The van der Waals surface area contributed by atoms with Crippen LogP contribution in [0.5, 0.6) is 11.5 Å². The number of amides is 1. The van der Waals surface area contributed by atoms with Crippen LogP contribution in [0, 0.1) is 33.1 Å². The van der Waals surface area contributed by atoms with E-state index in [0.717, 1.165) is 78.0 Å². The van der Waals surface area contributed by atoms with Gasteiger partial charge in [-0.25, -0.2) is 18.0 Å². The number of methoxy groups -OCH3 is 1. The molecule has 1 atom stereocenters. The van der Waals surface area contributed by atoms with Crippen molar-refractivity contribution in [1.82, 2.24) is 5.32 Å². The molecule has 0 spiro atoms. The molecule has 0 radical (unpaired) electrons. The topological polar surface area (TPSA) is 370 Å². The third-order valence-corrected chi connectivity index (χ3v) is 13.1. The molecule has 1 aliphatic rings. The van der Waals surface area contributed by atoms with E-state index in [9.17, 15) is 79.9 Å². The minimum Gasteiger partial charge on any atom is -0.480 e. The number of alkyl halides is 4. The van der Waals surface area contributed by atoms with Crippen molar-refractivity contribution in [2.45, 2.75) is 70.5 Å². The molecule has 32 heteroatoms. The largest absolute Gasteiger partial charge is 0.480 e. The summed E-state index contributed by atoms with van der Waals surface area (Å²) in [7, 11) is -6.16. The van der Waals surface area contributed by atoms with Crippen molar-refractivity contribution < 1.29 is 103 Å². The molecule has 0 saturated heterocycles. The van der Waals surface area contributed by atoms with E-state index in [2.05, 4.69) is 23.0 Å². The van der Waals surface area contributed by atoms with Crippen LogP contribution in [0.3, 0.4) is 0 Å². The number of aryl methyl sites for hydroxylation is 2. The zero-order valence-corrected chi connectivity index (χ0v) is 47.7. The van der Waals surface area contributed by atoms with Gasteiger partial charge in [0.2, 0.25) is 5.91 Å². The number of carboxylic acid groups (broad SMARTS) is 1. The number of ether oxygens (including phenoxy) is 4. The van der Waals surface area contributed by atoms with Crippen LogP contribution < -0.4 is 15.0 Å². The molecule has 4 aromatic rings. The second-order valence-corrected chi connectivity index (χ2v) is 21.5. The maximum atomic E-state index is 12.7. The molecule has 1 amide bonds. The molecule has 1 unspecified atom stereocenters. The molecule has 25 nitrogen and oxygen atoms in total. The SMILES string of the molecule is CCOC(=O)COC(=O)c1cc(Oc2ccc(C(F)(F)F)cc2Cl)ccc1[N+](=O)[O-].CCc1cccc(C)c1N(C(=O)CCl)C(C)COC.CS(=O)(=O)c1ccc(C(=O)C2C(=O)CCCC2=O)c([N+](=O)[O-])c1.O=C(O)CNCP(=O)(O)O. The summed E-state index contributed by atoms with van der Waals surface area (Å²) >= 11 is 11.6. The number of ketones is 3. The number of Topliss-reactive ketones (excluding diaryl/α,β-unsaturated/α-hetero) is 3. The number of nitrogens with one attached hydrogen (secondary N) is 1. The number of halogens is 5. The zero-order chi connectivity index (χ0) is 62.4. The minimum atomic E-state index is -4.61. The van der Waals surface area contributed by atoms with Gasteiger partial charge in [-0.1, -0.05) is 36.7 Å². The maximum absolute atomic E-state index is 12.7. The second kappa shape index (κ2) is 32.4. The summed E-state index contributed by atoms with van der Waals surface area (Å²) < 4.78 is 91.0. The van der Waals surface area contributed by atoms with Crippen molar-refractivity contribution in [3.63, 3.8) is 0 Å². The number of rotatable bonds is 21. The summed E-state index contributed by atoms with van der Waals surface area (Å²) in [4.78, 5) is 120. The number of para-hydroxylation sites is 1. The smallest absolute Gasteiger partial charge is 0.416 e. The Morgan fingerprint density at radius 3 is 2.04 bits per heavy atom. The number of nitro groups is 2. The molecule has 1 aliphatic carbocycles. The van der Waals surface area contributed by atoms with Crippen LogP contribution in [0.25, 0.3) is 0 Å². The van der Waals surface area contributed by atoms with E-state index in [4.69, 9.17) is 52.3 Å². The van der Waals surface area contributed by atoms with E-state index in [0.29, 0.717) is 19.1 Å². The van der Waals surface area contributed by atoms with Crippen LogP contribution in [0.15, 0.2) is 77.7 Å². The lowest BCUT2D eigenvalue weighted by molar-refractivity contribution is -0.385. The highest BCUT2D eigenvalue weighted by Gasteiger charge is 2.39. The van der Waals surface area contributed by atoms with Gasteiger partial charge in [-0.15, -0.1) is 11.6 Å². The van der Waals surface area contributed by atoms with E-state index >= 15 is 0 Å². The molecule has 82 heavy (non-hydrogen) atoms. The van der Waals surface area contributed by atoms with E-state index in [-0.39, 0.29) is 58.7 Å². The van der Waals surface area contributed by atoms with Crippen molar-refractivity contribution >= 4 is 98.9 Å². The molecular weight excluding hydrogens is 1180 g/mol. The molecule has 0 bridgehead atoms. The van der Waals surface area contributed by atoms with Gasteiger partial charge in [0.15, 0.2) is 33.8 Å². The van der Waals surface area contributed by atoms with Crippen LogP contribution >= 0.6 is 30.8 Å². The number of carbonyl (C=O) groups is 7. The van der Waals surface area contributed by atoms with Gasteiger partial charge < -0.3 is 38.7 Å². The lowest BCUT2D eigenvalue weighted by Crippen LogP contribution is -2.43. The Morgan fingerprint density at radius 2 is 1.54 bits per heavy atom. The average molecular weight is 1240 g/mol. The lowest BCUT2D eigenvalue weighted by atomic mass is 9.81. The van der Waals surface area contributed by atoms with Gasteiger partial charge in [0.05, 0.1) is 68.7 Å². The van der Waals surface area contributed by atoms with E-state index in [1.165, 1.54) is 6.92 Å². The van der Waals surface area contributed by atoms with Crippen LogP contribution in [0.1, 0.15) is 77.4 Å². The van der Waals surface area contributed by atoms with Crippen molar-refractivity contribution in [2.75, 3.05) is 56.8 Å². The fraction of sp³-hybridized carbons (Fsp3) is 0.380. The lowest BCUT2D eigenvalue weighted by Gasteiger charge is -2.31. The molecule has 0 heterocycles. The molecule has 1 saturated carbocycles. The van der Waals surface area contributed by atoms with Crippen molar-refractivity contribution in [3.8, 4) is 11.5 Å². The third-order valence-electron chi connectivity index (χ3n) is 10.9. The normalized spacial score (nSPS) is 12.8. The van der Waals surface area contributed by atoms with Crippen LogP contribution in [-0.4, -0.2) is 132 Å². The second-order valence-electron chi connectivity index (χ2n) is 17.1. The molecule has 1 fully saturated rings. The standard InChI is InChI=1S/C18H13ClF3NO7.C15H22ClNO2.C14H13NO7S.C3H8NO5P/c1-2-28-16(24)9-29-17(25)12-8-11(4-5-14(12)23(26)27)30-15-6-3-10(7-13(15)19)18(20,21)22;1-5-13-8-6-7-11(2)15(13)17(14(18)9-16)12(3)10-19-4;1-23(21,22)8-5-6-9(10(7-8)15(19)20)14(18)13-11(16)3-2-4-12(13)17;5-3(6)1-4-2-10(7,8)9/h3-8H,2,9H2,1H3;6-8,12H,5,9-10H2,1-4H3;5-7,13H,2-4H2,1H3;4H,1-2H2,(H,5,6)(H2,7,8,9). The first kappa shape index (κ1) is 70.9. The Hall–Kier alpha value is -7.24. The van der Waals surface area contributed by atoms with E-state index < -0.39 is 122 Å². The average Bonchev–Trinajstić information content (AvgIpc) is 3.38. The molecule has 5 rings (SSSR count). The molecule has 4 aromatic carbocycles. The number of sulfone groups is 1. The predicted molar refractivity (Wildman–Crippen MR) is 287 cm³/mol. The number of carboxylic acids is 1. The number of hydrogen-bond acceptors (Lipinski definition) is 19. The van der Waals surface area contributed by atoms with Crippen molar-refractivity contribution in [1.29, 1.82) is 0 Å². The predicted octanol–water partition coefficient (Wildman–Crippen LogP) is 7.86. The fourth-order valence-corrected chi connectivity index (χ4v) is 8.67. The van der Waals surface area contributed by atoms with Gasteiger partial charge >= 0.3 is 31.7 Å². The van der Waals surface area contributed by atoms with Gasteiger partial charge in [-0.3, -0.25) is 54.1 Å². The Morgan fingerprint density at radius 1 is 0.915 bits per heavy atom. The fourth-order valence-electron chi connectivity index (χ4n) is 7.28. The molecule has 448 valence electrons. The maximum Gasteiger partial charge on any atom is 0.416 e. The van der Waals surface area contributed by atoms with Crippen LogP contribution in [0.2, 0.25) is 5.02 Å². The third kappa shape index (κ3) is 22.3. The first-order valence-electron chi connectivity index (χ1n) is 23.8. The number of esters is 2. The monoisotopic (exact) mass is 1240 g/mol. The number of benzene rings is 4. The zero-order valence-electron chi connectivity index (χ0n) is 44.4. The summed E-state index contributed by atoms with van der Waals surface area (Å²) in [6.45, 7) is 6.95. The molecule has 0 aliphatic heterocycles. The Balaban J connectivity index is 0.000000396. The number of nitrogens with zero attached hydrogens (tertiary/aromatic N) is 3. The van der Waals surface area contributed by atoms with Gasteiger partial charge in [0.25, 0.3) is 11.4 Å². The Kier molecular flexibility index (Phi) is 28.0. The van der Waals surface area contributed by atoms with E-state index in [1.807, 2.05) is 26.0 Å². The summed E-state index contributed by atoms with van der Waals surface area (Å²) in [6, 6.07) is 14.2. The summed E-state index contributed by atoms with van der Waals surface area (Å²) in [5, 5.41) is 32.0. The quantitative estimate of drug-likeness (QED) is 0.0117. The summed E-state index contributed by atoms with van der Waals surface area (Å²) in [5.41, 5.74) is -0.117. The first-order chi connectivity index (χ1) is 38.1. The number of aliphatic carboxylic acids is 1. The minimum absolute atomic E-state index is 0.0223. The van der Waals surface area contributed by atoms with Crippen LogP contribution in [0.4, 0.5) is 30.2 Å². The van der Waals surface area contributed by atoms with Gasteiger partial charge in [-0.05, 0) is 81.1 Å². The Labute approximate surface area is 476 Å². The van der Waals surface area contributed by atoms with Gasteiger partial charge in [0, 0.05) is 44.4 Å². The highest BCUT2D eigenvalue weighted by atomic mass is 35.5. The van der Waals surface area contributed by atoms with Crippen molar-refractivity contribution in [3.05, 3.63) is 126 Å². The number of hydrogen-bond donors (Lipinski definition) is 4. The highest BCUT2D eigenvalue weighted by molar-refractivity contribution is 7.90. The van der Waals surface area contributed by atoms with Crippen LogP contribution in [-0.2, 0) is 65.2 Å². The molecule has 4 N–H and O–H groups in total. The first-order valence-corrected chi connectivity index (χ1v) is 28.4. The summed E-state index contributed by atoms with van der Waals surface area (Å²) in [5.74, 6) is -7.22. The molecular formula is C50H56Cl2F3N4O21PS. The van der Waals surface area contributed by atoms with Gasteiger partial charge in [-0.2, -0.15) is 13.2 Å². The number of nitro benzene ring substituents is 2. The summed E-state index contributed by atoms with van der Waals surface area (Å²) in [6.07, 6.45) is -2.96. The van der Waals surface area contributed by atoms with Gasteiger partial charge in [0.1, 0.15) is 28.9 Å². The molecule has 0 aromatic heterocycles. The number of anilines is 1.